The van der Waals surface area contributed by atoms with Gasteiger partial charge in [0.25, 0.3) is 0 Å². The minimum atomic E-state index is -0.717. The molecule has 17 heavy (non-hydrogen) atoms. The Labute approximate surface area is 102 Å². The van der Waals surface area contributed by atoms with Crippen LogP contribution < -0.4 is 10.6 Å². The molecule has 0 bridgehead atoms. The number of carboxylic acid groups (broad SMARTS) is 1. The lowest BCUT2D eigenvalue weighted by atomic mass is 9.86. The molecule has 0 aromatic heterocycles. The molecule has 0 saturated heterocycles. The lowest BCUT2D eigenvalue weighted by Gasteiger charge is -2.30. The third kappa shape index (κ3) is 3.70. The molecule has 5 heteroatoms. The van der Waals surface area contributed by atoms with Gasteiger partial charge in [0, 0.05) is 6.04 Å². The molecule has 1 fully saturated rings. The van der Waals surface area contributed by atoms with Gasteiger partial charge >= 0.3 is 5.97 Å². The van der Waals surface area contributed by atoms with E-state index in [0.717, 1.165) is 12.8 Å². The quantitative estimate of drug-likeness (QED) is 0.679. The Balaban J connectivity index is 2.41. The van der Waals surface area contributed by atoms with E-state index in [4.69, 9.17) is 5.11 Å². The summed E-state index contributed by atoms with van der Waals surface area (Å²) in [6.45, 7) is 3.65. The molecule has 1 saturated carbocycles. The van der Waals surface area contributed by atoms with Crippen molar-refractivity contribution in [1.82, 2.24) is 10.6 Å². The van der Waals surface area contributed by atoms with Crippen LogP contribution in [0, 0.1) is 5.92 Å². The maximum absolute atomic E-state index is 11.9. The van der Waals surface area contributed by atoms with Gasteiger partial charge in [-0.15, -0.1) is 0 Å². The summed E-state index contributed by atoms with van der Waals surface area (Å²) in [5.41, 5.74) is -0.580. The van der Waals surface area contributed by atoms with Crippen LogP contribution in [0.1, 0.15) is 39.5 Å². The number of nitrogens with one attached hydrogen (secondary N) is 2. The van der Waals surface area contributed by atoms with Crippen molar-refractivity contribution in [3.05, 3.63) is 0 Å². The first-order chi connectivity index (χ1) is 7.86. The van der Waals surface area contributed by atoms with E-state index in [1.54, 1.807) is 7.05 Å². The van der Waals surface area contributed by atoms with Crippen molar-refractivity contribution < 1.29 is 14.7 Å². The molecule has 1 aliphatic rings. The van der Waals surface area contributed by atoms with Gasteiger partial charge in [0.15, 0.2) is 0 Å². The monoisotopic (exact) mass is 242 g/mol. The van der Waals surface area contributed by atoms with Gasteiger partial charge in [-0.05, 0) is 46.6 Å². The van der Waals surface area contributed by atoms with Gasteiger partial charge in [0.1, 0.15) is 0 Å². The molecule has 1 amide bonds. The highest BCUT2D eigenvalue weighted by Gasteiger charge is 2.30. The SMILES string of the molecule is CNC(C)(C)C(=O)NC1CCC(C(=O)O)CC1. The molecule has 0 radical (unpaired) electrons. The zero-order valence-electron chi connectivity index (χ0n) is 10.7. The van der Waals surface area contributed by atoms with Crippen LogP contribution in [0.4, 0.5) is 0 Å². The van der Waals surface area contributed by atoms with E-state index in [0.29, 0.717) is 12.8 Å². The number of amides is 1. The zero-order valence-corrected chi connectivity index (χ0v) is 10.7. The highest BCUT2D eigenvalue weighted by atomic mass is 16.4. The van der Waals surface area contributed by atoms with E-state index in [9.17, 15) is 9.59 Å². The van der Waals surface area contributed by atoms with Crippen molar-refractivity contribution in [2.75, 3.05) is 7.05 Å². The minimum Gasteiger partial charge on any atom is -0.481 e. The molecule has 1 aliphatic carbocycles. The molecule has 0 spiro atoms. The first-order valence-electron chi connectivity index (χ1n) is 6.09. The van der Waals surface area contributed by atoms with Crippen LogP contribution in [0.2, 0.25) is 0 Å². The fourth-order valence-electron chi connectivity index (χ4n) is 1.96. The second-order valence-corrected chi connectivity index (χ2v) is 5.24. The Morgan fingerprint density at radius 2 is 1.71 bits per heavy atom. The van der Waals surface area contributed by atoms with Gasteiger partial charge in [0.2, 0.25) is 5.91 Å². The standard InChI is InChI=1S/C12H22N2O3/c1-12(2,13-3)11(17)14-9-6-4-8(5-7-9)10(15)16/h8-9,13H,4-7H2,1-3H3,(H,14,17)(H,15,16). The second kappa shape index (κ2) is 5.49. The maximum Gasteiger partial charge on any atom is 0.306 e. The van der Waals surface area contributed by atoms with E-state index >= 15 is 0 Å². The number of carbonyl (C=O) groups is 2. The van der Waals surface area contributed by atoms with Crippen molar-refractivity contribution in [3.8, 4) is 0 Å². The molecule has 0 unspecified atom stereocenters. The van der Waals surface area contributed by atoms with Crippen LogP contribution in [0.25, 0.3) is 0 Å². The molecule has 5 nitrogen and oxygen atoms in total. The number of rotatable bonds is 4. The first-order valence-corrected chi connectivity index (χ1v) is 6.09. The van der Waals surface area contributed by atoms with Gasteiger partial charge < -0.3 is 15.7 Å². The fourth-order valence-corrected chi connectivity index (χ4v) is 1.96. The van der Waals surface area contributed by atoms with Gasteiger partial charge in [0.05, 0.1) is 11.5 Å². The Hall–Kier alpha value is -1.10. The van der Waals surface area contributed by atoms with E-state index in [-0.39, 0.29) is 17.9 Å². The average molecular weight is 242 g/mol. The third-order valence-electron chi connectivity index (χ3n) is 3.60. The van der Waals surface area contributed by atoms with E-state index in [2.05, 4.69) is 10.6 Å². The molecule has 0 heterocycles. The van der Waals surface area contributed by atoms with Gasteiger partial charge in [-0.3, -0.25) is 9.59 Å². The average Bonchev–Trinajstić information content (AvgIpc) is 2.29. The Bertz CT molecular complexity index is 294. The number of hydrogen-bond donors (Lipinski definition) is 3. The predicted octanol–water partition coefficient (Wildman–Crippen LogP) is 0.744. The van der Waals surface area contributed by atoms with Crippen LogP contribution in [0.15, 0.2) is 0 Å². The predicted molar refractivity (Wildman–Crippen MR) is 64.7 cm³/mol. The normalized spacial score (nSPS) is 25.4. The lowest BCUT2D eigenvalue weighted by molar-refractivity contribution is -0.142. The number of hydrogen-bond acceptors (Lipinski definition) is 3. The van der Waals surface area contributed by atoms with Gasteiger partial charge in [-0.2, -0.15) is 0 Å². The second-order valence-electron chi connectivity index (χ2n) is 5.24. The van der Waals surface area contributed by atoms with Crippen LogP contribution in [-0.2, 0) is 9.59 Å². The minimum absolute atomic E-state index is 0.0289. The fraction of sp³-hybridized carbons (Fsp3) is 0.833. The summed E-state index contributed by atoms with van der Waals surface area (Å²) < 4.78 is 0. The largest absolute Gasteiger partial charge is 0.481 e. The molecular weight excluding hydrogens is 220 g/mol. The van der Waals surface area contributed by atoms with Crippen molar-refractivity contribution in [1.29, 1.82) is 0 Å². The summed E-state index contributed by atoms with van der Waals surface area (Å²) in [6.07, 6.45) is 2.81. The zero-order chi connectivity index (χ0) is 13.1. The summed E-state index contributed by atoms with van der Waals surface area (Å²) >= 11 is 0. The summed E-state index contributed by atoms with van der Waals surface area (Å²) in [5.74, 6) is -0.982. The van der Waals surface area contributed by atoms with Crippen LogP contribution in [0.5, 0.6) is 0 Å². The molecule has 3 N–H and O–H groups in total. The highest BCUT2D eigenvalue weighted by Crippen LogP contribution is 2.24. The number of carbonyl (C=O) groups excluding carboxylic acids is 1. The van der Waals surface area contributed by atoms with Gasteiger partial charge in [-0.1, -0.05) is 0 Å². The molecule has 0 aromatic carbocycles. The van der Waals surface area contributed by atoms with Crippen molar-refractivity contribution in [2.24, 2.45) is 5.92 Å². The number of aliphatic carboxylic acids is 1. The van der Waals surface area contributed by atoms with E-state index < -0.39 is 11.5 Å². The van der Waals surface area contributed by atoms with Crippen molar-refractivity contribution in [2.45, 2.75) is 51.1 Å². The first kappa shape index (κ1) is 14.0. The topological polar surface area (TPSA) is 78.4 Å². The Morgan fingerprint density at radius 3 is 2.12 bits per heavy atom. The molecule has 0 aromatic rings. The van der Waals surface area contributed by atoms with Gasteiger partial charge in [-0.25, -0.2) is 0 Å². The molecule has 0 aliphatic heterocycles. The van der Waals surface area contributed by atoms with Crippen LogP contribution in [0.3, 0.4) is 0 Å². The Kier molecular flexibility index (Phi) is 4.51. The molecule has 98 valence electrons. The van der Waals surface area contributed by atoms with Crippen LogP contribution >= 0.6 is 0 Å². The molecular formula is C12H22N2O3. The van der Waals surface area contributed by atoms with Crippen molar-refractivity contribution >= 4 is 11.9 Å². The molecule has 0 atom stereocenters. The molecule has 1 rings (SSSR count). The summed E-state index contributed by atoms with van der Waals surface area (Å²) in [7, 11) is 1.75. The maximum atomic E-state index is 11.9. The number of carboxylic acids is 1. The third-order valence-corrected chi connectivity index (χ3v) is 3.60. The Morgan fingerprint density at radius 1 is 1.18 bits per heavy atom. The summed E-state index contributed by atoms with van der Waals surface area (Å²) in [6, 6.07) is 0.116. The van der Waals surface area contributed by atoms with E-state index in [1.165, 1.54) is 0 Å². The van der Waals surface area contributed by atoms with Crippen LogP contribution in [-0.4, -0.2) is 35.6 Å². The van der Waals surface area contributed by atoms with Crippen molar-refractivity contribution in [3.63, 3.8) is 0 Å². The summed E-state index contributed by atoms with van der Waals surface area (Å²) in [5, 5.41) is 14.8. The lowest BCUT2D eigenvalue weighted by Crippen LogP contribution is -2.54. The smallest absolute Gasteiger partial charge is 0.306 e. The summed E-state index contributed by atoms with van der Waals surface area (Å²) in [4.78, 5) is 22.7. The van der Waals surface area contributed by atoms with E-state index in [1.807, 2.05) is 13.8 Å². The highest BCUT2D eigenvalue weighted by molar-refractivity contribution is 5.85. The number of likely N-dealkylation sites (N-methyl/N-ethyl adjacent to an activating group) is 1.